The van der Waals surface area contributed by atoms with Crippen LogP contribution in [0, 0.1) is 6.92 Å². The van der Waals surface area contributed by atoms with Gasteiger partial charge in [0.05, 0.1) is 11.2 Å². The number of rotatable bonds is 7. The van der Waals surface area contributed by atoms with Gasteiger partial charge in [0.2, 0.25) is 0 Å². The standard InChI is InChI=1S/C18H24N2/c1-3-4-5-6-7-11-16(19)18-13-14(2)15-10-8-9-12-17(15)20-18/h3,8-10,12-13,16H,1,4-7,11,19H2,2H3. The summed E-state index contributed by atoms with van der Waals surface area (Å²) in [5.74, 6) is 0. The molecular weight excluding hydrogens is 244 g/mol. The second kappa shape index (κ2) is 7.20. The number of unbranched alkanes of at least 4 members (excludes halogenated alkanes) is 3. The Kier molecular flexibility index (Phi) is 5.31. The minimum Gasteiger partial charge on any atom is -0.323 e. The van der Waals surface area contributed by atoms with E-state index in [1.54, 1.807) is 0 Å². The molecular formula is C18H24N2. The lowest BCUT2D eigenvalue weighted by Crippen LogP contribution is -2.12. The molecule has 2 nitrogen and oxygen atoms in total. The highest BCUT2D eigenvalue weighted by Crippen LogP contribution is 2.22. The minimum absolute atomic E-state index is 0.0436. The lowest BCUT2D eigenvalue weighted by atomic mass is 10.0. The van der Waals surface area contributed by atoms with E-state index in [1.807, 2.05) is 12.1 Å². The van der Waals surface area contributed by atoms with E-state index in [-0.39, 0.29) is 6.04 Å². The molecule has 1 unspecified atom stereocenters. The van der Waals surface area contributed by atoms with Gasteiger partial charge < -0.3 is 5.73 Å². The van der Waals surface area contributed by atoms with E-state index >= 15 is 0 Å². The summed E-state index contributed by atoms with van der Waals surface area (Å²) in [6.45, 7) is 5.87. The smallest absolute Gasteiger partial charge is 0.0708 e. The van der Waals surface area contributed by atoms with Crippen LogP contribution in [0.25, 0.3) is 10.9 Å². The number of benzene rings is 1. The van der Waals surface area contributed by atoms with E-state index in [0.717, 1.165) is 30.5 Å². The lowest BCUT2D eigenvalue weighted by Gasteiger charge is -2.13. The van der Waals surface area contributed by atoms with Crippen LogP contribution in [0.2, 0.25) is 0 Å². The number of nitrogens with two attached hydrogens (primary N) is 1. The Morgan fingerprint density at radius 2 is 2.05 bits per heavy atom. The molecule has 1 heterocycles. The third kappa shape index (κ3) is 3.67. The molecule has 0 aliphatic heterocycles. The van der Waals surface area contributed by atoms with Gasteiger partial charge in [-0.3, -0.25) is 4.98 Å². The Labute approximate surface area is 121 Å². The van der Waals surface area contributed by atoms with Crippen LogP contribution in [-0.2, 0) is 0 Å². The first-order valence-corrected chi connectivity index (χ1v) is 7.45. The van der Waals surface area contributed by atoms with Crippen LogP contribution in [0.3, 0.4) is 0 Å². The first-order chi connectivity index (χ1) is 9.72. The van der Waals surface area contributed by atoms with Crippen molar-refractivity contribution in [1.29, 1.82) is 0 Å². The van der Waals surface area contributed by atoms with Crippen molar-refractivity contribution >= 4 is 10.9 Å². The van der Waals surface area contributed by atoms with Gasteiger partial charge in [-0.05, 0) is 43.9 Å². The highest BCUT2D eigenvalue weighted by molar-refractivity contribution is 5.82. The monoisotopic (exact) mass is 268 g/mol. The summed E-state index contributed by atoms with van der Waals surface area (Å²) in [6.07, 6.45) is 7.66. The van der Waals surface area contributed by atoms with Gasteiger partial charge in [-0.2, -0.15) is 0 Å². The van der Waals surface area contributed by atoms with Gasteiger partial charge in [-0.1, -0.05) is 37.1 Å². The maximum atomic E-state index is 6.29. The zero-order valence-corrected chi connectivity index (χ0v) is 12.3. The molecule has 2 heteroatoms. The zero-order chi connectivity index (χ0) is 14.4. The fraction of sp³-hybridized carbons (Fsp3) is 0.389. The second-order valence-electron chi connectivity index (χ2n) is 5.41. The molecule has 0 fully saturated rings. The predicted octanol–water partition coefficient (Wildman–Crippen LogP) is 4.68. The average Bonchev–Trinajstić information content (AvgIpc) is 2.47. The van der Waals surface area contributed by atoms with Gasteiger partial charge in [0, 0.05) is 11.4 Å². The quantitative estimate of drug-likeness (QED) is 0.585. The number of aromatic nitrogens is 1. The Morgan fingerprint density at radius 1 is 1.25 bits per heavy atom. The van der Waals surface area contributed by atoms with Crippen molar-refractivity contribution in [2.45, 2.75) is 45.1 Å². The Hall–Kier alpha value is -1.67. The molecule has 1 aromatic heterocycles. The normalized spacial score (nSPS) is 12.5. The lowest BCUT2D eigenvalue weighted by molar-refractivity contribution is 0.564. The first-order valence-electron chi connectivity index (χ1n) is 7.45. The van der Waals surface area contributed by atoms with Crippen molar-refractivity contribution in [2.24, 2.45) is 5.73 Å². The third-order valence-electron chi connectivity index (χ3n) is 3.75. The fourth-order valence-corrected chi connectivity index (χ4v) is 2.54. The molecule has 0 spiro atoms. The van der Waals surface area contributed by atoms with E-state index in [9.17, 15) is 0 Å². The molecule has 106 valence electrons. The van der Waals surface area contributed by atoms with E-state index in [2.05, 4.69) is 37.8 Å². The molecule has 2 aromatic rings. The van der Waals surface area contributed by atoms with Gasteiger partial charge in [-0.15, -0.1) is 6.58 Å². The van der Waals surface area contributed by atoms with Crippen LogP contribution >= 0.6 is 0 Å². The van der Waals surface area contributed by atoms with Crippen LogP contribution < -0.4 is 5.73 Å². The Morgan fingerprint density at radius 3 is 2.85 bits per heavy atom. The van der Waals surface area contributed by atoms with E-state index in [1.165, 1.54) is 23.8 Å². The molecule has 0 aliphatic carbocycles. The molecule has 20 heavy (non-hydrogen) atoms. The Bertz CT molecular complexity index is 575. The highest BCUT2D eigenvalue weighted by Gasteiger charge is 2.09. The van der Waals surface area contributed by atoms with Crippen LogP contribution in [0.15, 0.2) is 43.0 Å². The largest absolute Gasteiger partial charge is 0.323 e. The number of hydrogen-bond donors (Lipinski definition) is 1. The highest BCUT2D eigenvalue weighted by atomic mass is 14.8. The van der Waals surface area contributed by atoms with Gasteiger partial charge in [-0.25, -0.2) is 0 Å². The molecule has 0 aliphatic rings. The second-order valence-corrected chi connectivity index (χ2v) is 5.41. The maximum Gasteiger partial charge on any atom is 0.0708 e. The van der Waals surface area contributed by atoms with Crippen molar-refractivity contribution in [3.05, 3.63) is 54.2 Å². The zero-order valence-electron chi connectivity index (χ0n) is 12.3. The van der Waals surface area contributed by atoms with Crippen LogP contribution in [0.5, 0.6) is 0 Å². The summed E-state index contributed by atoms with van der Waals surface area (Å²) in [4.78, 5) is 4.71. The van der Waals surface area contributed by atoms with Crippen LogP contribution in [0.1, 0.15) is 49.4 Å². The Balaban J connectivity index is 2.02. The predicted molar refractivity (Wildman–Crippen MR) is 86.7 cm³/mol. The summed E-state index contributed by atoms with van der Waals surface area (Å²) >= 11 is 0. The third-order valence-corrected chi connectivity index (χ3v) is 3.75. The molecule has 0 saturated heterocycles. The number of fused-ring (bicyclic) bond motifs is 1. The topological polar surface area (TPSA) is 38.9 Å². The molecule has 2 N–H and O–H groups in total. The molecule has 2 rings (SSSR count). The fourth-order valence-electron chi connectivity index (χ4n) is 2.54. The van der Waals surface area contributed by atoms with Crippen LogP contribution in [0.4, 0.5) is 0 Å². The summed E-state index contributed by atoms with van der Waals surface area (Å²) < 4.78 is 0. The number of para-hydroxylation sites is 1. The molecule has 0 saturated carbocycles. The number of nitrogens with zero attached hydrogens (tertiary/aromatic N) is 1. The van der Waals surface area contributed by atoms with Crippen molar-refractivity contribution in [3.63, 3.8) is 0 Å². The van der Waals surface area contributed by atoms with Gasteiger partial charge >= 0.3 is 0 Å². The summed E-state index contributed by atoms with van der Waals surface area (Å²) in [6, 6.07) is 10.4. The molecule has 0 bridgehead atoms. The first kappa shape index (κ1) is 14.7. The van der Waals surface area contributed by atoms with Crippen LogP contribution in [-0.4, -0.2) is 4.98 Å². The van der Waals surface area contributed by atoms with Gasteiger partial charge in [0.15, 0.2) is 0 Å². The van der Waals surface area contributed by atoms with E-state index in [0.29, 0.717) is 0 Å². The number of pyridine rings is 1. The molecule has 0 amide bonds. The summed E-state index contributed by atoms with van der Waals surface area (Å²) in [5.41, 5.74) is 9.61. The van der Waals surface area contributed by atoms with Crippen molar-refractivity contribution < 1.29 is 0 Å². The van der Waals surface area contributed by atoms with Crippen molar-refractivity contribution in [3.8, 4) is 0 Å². The SMILES string of the molecule is C=CCCCCCC(N)c1cc(C)c2ccccc2n1. The van der Waals surface area contributed by atoms with Gasteiger partial charge in [0.25, 0.3) is 0 Å². The number of allylic oxidation sites excluding steroid dienone is 1. The van der Waals surface area contributed by atoms with Gasteiger partial charge in [0.1, 0.15) is 0 Å². The average molecular weight is 268 g/mol. The van der Waals surface area contributed by atoms with E-state index < -0.39 is 0 Å². The summed E-state index contributed by atoms with van der Waals surface area (Å²) in [7, 11) is 0. The molecule has 1 atom stereocenters. The van der Waals surface area contributed by atoms with E-state index in [4.69, 9.17) is 10.7 Å². The van der Waals surface area contributed by atoms with Crippen molar-refractivity contribution in [1.82, 2.24) is 4.98 Å². The maximum absolute atomic E-state index is 6.29. The molecule has 1 aromatic carbocycles. The molecule has 0 radical (unpaired) electrons. The number of hydrogen-bond acceptors (Lipinski definition) is 2. The van der Waals surface area contributed by atoms with Crippen molar-refractivity contribution in [2.75, 3.05) is 0 Å². The summed E-state index contributed by atoms with van der Waals surface area (Å²) in [5, 5.41) is 1.22. The minimum atomic E-state index is 0.0436. The number of aryl methyl sites for hydroxylation is 1.